The lowest BCUT2D eigenvalue weighted by Gasteiger charge is -2.18. The zero-order chi connectivity index (χ0) is 14.5. The van der Waals surface area contributed by atoms with Crippen LogP contribution >= 0.6 is 11.6 Å². The van der Waals surface area contributed by atoms with Crippen molar-refractivity contribution in [2.75, 3.05) is 0 Å². The first-order valence-corrected chi connectivity index (χ1v) is 7.33. The maximum atomic E-state index is 13.2. The Bertz CT molecular complexity index is 566. The minimum atomic E-state index is -0.910. The summed E-state index contributed by atoms with van der Waals surface area (Å²) in [7, 11) is 0. The number of hydrogen-bond donors (Lipinski definition) is 1. The van der Waals surface area contributed by atoms with Crippen molar-refractivity contribution < 1.29 is 9.18 Å². The Kier molecular flexibility index (Phi) is 5.18. The summed E-state index contributed by atoms with van der Waals surface area (Å²) >= 11 is 6.48. The van der Waals surface area contributed by atoms with Crippen LogP contribution < -0.4 is 0 Å². The average molecular weight is 296 g/mol. The van der Waals surface area contributed by atoms with Gasteiger partial charge in [0.1, 0.15) is 6.29 Å². The molecule has 20 heavy (non-hydrogen) atoms. The van der Waals surface area contributed by atoms with Gasteiger partial charge in [0.25, 0.3) is 0 Å². The van der Waals surface area contributed by atoms with Gasteiger partial charge >= 0.3 is 0 Å². The number of halogens is 2. The molecule has 0 amide bonds. The molecule has 4 heteroatoms. The number of nitrogens with one attached hydrogen (secondary N) is 1. The molecule has 1 aromatic heterocycles. The van der Waals surface area contributed by atoms with Crippen molar-refractivity contribution in [3.63, 3.8) is 0 Å². The predicted octanol–water partition coefficient (Wildman–Crippen LogP) is 4.79. The zero-order valence-corrected chi connectivity index (χ0v) is 12.2. The minimum Gasteiger partial charge on any atom is -0.361 e. The van der Waals surface area contributed by atoms with Crippen molar-refractivity contribution in [1.82, 2.24) is 4.98 Å². The number of alkyl halides is 2. The number of fused-ring (bicyclic) bond motifs is 1. The maximum absolute atomic E-state index is 13.2. The molecular formula is C16H19ClFNO. The molecule has 1 heterocycles. The summed E-state index contributed by atoms with van der Waals surface area (Å²) in [6, 6.07) is 7.94. The molecule has 0 aliphatic carbocycles. The molecule has 0 fully saturated rings. The standard InChI is InChI=1S/C16H19ClFNO/c1-11(18)8-12(6-7-20)9-15(17)14-10-19-16-5-3-2-4-13(14)16/h2-5,7,10-12,15,19H,6,8-9H2,1H3. The second-order valence-corrected chi connectivity index (χ2v) is 5.80. The van der Waals surface area contributed by atoms with Crippen LogP contribution in [0, 0.1) is 5.92 Å². The largest absolute Gasteiger partial charge is 0.361 e. The first kappa shape index (κ1) is 15.0. The number of para-hydroxylation sites is 1. The topological polar surface area (TPSA) is 32.9 Å². The molecule has 0 bridgehead atoms. The van der Waals surface area contributed by atoms with E-state index in [1.807, 2.05) is 30.5 Å². The van der Waals surface area contributed by atoms with E-state index >= 15 is 0 Å². The summed E-state index contributed by atoms with van der Waals surface area (Å²) in [5.74, 6) is -0.0105. The predicted molar refractivity (Wildman–Crippen MR) is 80.9 cm³/mol. The molecular weight excluding hydrogens is 277 g/mol. The second kappa shape index (κ2) is 6.89. The molecule has 3 unspecified atom stereocenters. The number of carbonyl (C=O) groups excluding carboxylic acids is 1. The van der Waals surface area contributed by atoms with Gasteiger partial charge in [0.05, 0.1) is 11.5 Å². The molecule has 0 aliphatic rings. The fourth-order valence-electron chi connectivity index (χ4n) is 2.66. The number of benzene rings is 1. The first-order chi connectivity index (χ1) is 9.61. The molecule has 0 radical (unpaired) electrons. The molecule has 2 rings (SSSR count). The quantitative estimate of drug-likeness (QED) is 0.578. The Morgan fingerprint density at radius 2 is 2.10 bits per heavy atom. The summed E-state index contributed by atoms with van der Waals surface area (Å²) in [5, 5.41) is 0.875. The van der Waals surface area contributed by atoms with Crippen LogP contribution in [0.15, 0.2) is 30.5 Å². The molecule has 3 atom stereocenters. The molecule has 0 saturated heterocycles. The Hall–Kier alpha value is -1.35. The first-order valence-electron chi connectivity index (χ1n) is 6.89. The van der Waals surface area contributed by atoms with Gasteiger partial charge in [-0.1, -0.05) is 18.2 Å². The molecule has 1 N–H and O–H groups in total. The van der Waals surface area contributed by atoms with Crippen molar-refractivity contribution in [1.29, 1.82) is 0 Å². The van der Waals surface area contributed by atoms with Crippen LogP contribution in [0.3, 0.4) is 0 Å². The minimum absolute atomic E-state index is 0.0105. The van der Waals surface area contributed by atoms with Crippen molar-refractivity contribution >= 4 is 28.8 Å². The monoisotopic (exact) mass is 295 g/mol. The van der Waals surface area contributed by atoms with Crippen LogP contribution in [0.1, 0.15) is 37.1 Å². The Labute approximate surface area is 123 Å². The summed E-state index contributed by atoms with van der Waals surface area (Å²) in [4.78, 5) is 13.9. The van der Waals surface area contributed by atoms with E-state index in [4.69, 9.17) is 11.6 Å². The number of aromatic amines is 1. The number of carbonyl (C=O) groups is 1. The SMILES string of the molecule is CC(F)CC(CC=O)CC(Cl)c1c[nH]c2ccccc12. The van der Waals surface area contributed by atoms with Gasteiger partial charge in [-0.15, -0.1) is 11.6 Å². The van der Waals surface area contributed by atoms with Gasteiger partial charge in [0.2, 0.25) is 0 Å². The van der Waals surface area contributed by atoms with Gasteiger partial charge in [0, 0.05) is 23.5 Å². The third-order valence-electron chi connectivity index (χ3n) is 3.59. The number of hydrogen-bond acceptors (Lipinski definition) is 1. The summed E-state index contributed by atoms with van der Waals surface area (Å²) in [6.45, 7) is 1.52. The molecule has 0 aliphatic heterocycles. The van der Waals surface area contributed by atoms with Gasteiger partial charge in [-0.2, -0.15) is 0 Å². The highest BCUT2D eigenvalue weighted by Crippen LogP contribution is 2.35. The summed E-state index contributed by atoms with van der Waals surface area (Å²) < 4.78 is 13.2. The van der Waals surface area contributed by atoms with Crippen LogP contribution in [0.5, 0.6) is 0 Å². The van der Waals surface area contributed by atoms with Crippen LogP contribution in [0.25, 0.3) is 10.9 Å². The Balaban J connectivity index is 2.13. The van der Waals surface area contributed by atoms with E-state index in [-0.39, 0.29) is 11.3 Å². The van der Waals surface area contributed by atoms with Gasteiger partial charge in [0.15, 0.2) is 0 Å². The van der Waals surface area contributed by atoms with E-state index < -0.39 is 6.17 Å². The van der Waals surface area contributed by atoms with E-state index in [1.165, 1.54) is 6.92 Å². The number of aromatic nitrogens is 1. The smallest absolute Gasteiger partial charge is 0.120 e. The lowest BCUT2D eigenvalue weighted by Crippen LogP contribution is -2.10. The lowest BCUT2D eigenvalue weighted by atomic mass is 9.92. The fourth-order valence-corrected chi connectivity index (χ4v) is 3.09. The van der Waals surface area contributed by atoms with Crippen LogP contribution in [0.4, 0.5) is 4.39 Å². The zero-order valence-electron chi connectivity index (χ0n) is 11.5. The molecule has 2 nitrogen and oxygen atoms in total. The van der Waals surface area contributed by atoms with E-state index in [1.54, 1.807) is 0 Å². The van der Waals surface area contributed by atoms with Crippen molar-refractivity contribution in [2.45, 2.75) is 37.7 Å². The van der Waals surface area contributed by atoms with Gasteiger partial charge in [-0.3, -0.25) is 0 Å². The Morgan fingerprint density at radius 1 is 1.35 bits per heavy atom. The van der Waals surface area contributed by atoms with Crippen LogP contribution in [0.2, 0.25) is 0 Å². The molecule has 0 saturated carbocycles. The van der Waals surface area contributed by atoms with Gasteiger partial charge in [-0.05, 0) is 37.3 Å². The maximum Gasteiger partial charge on any atom is 0.120 e. The molecule has 0 spiro atoms. The summed E-state index contributed by atoms with van der Waals surface area (Å²) in [5.41, 5.74) is 2.06. The highest BCUT2D eigenvalue weighted by molar-refractivity contribution is 6.21. The highest BCUT2D eigenvalue weighted by Gasteiger charge is 2.20. The van der Waals surface area contributed by atoms with Crippen molar-refractivity contribution in [3.8, 4) is 0 Å². The van der Waals surface area contributed by atoms with Gasteiger partial charge < -0.3 is 9.78 Å². The molecule has 108 valence electrons. The highest BCUT2D eigenvalue weighted by atomic mass is 35.5. The van der Waals surface area contributed by atoms with Crippen LogP contribution in [-0.4, -0.2) is 17.4 Å². The van der Waals surface area contributed by atoms with Crippen LogP contribution in [-0.2, 0) is 4.79 Å². The Morgan fingerprint density at radius 3 is 2.80 bits per heavy atom. The summed E-state index contributed by atoms with van der Waals surface area (Å²) in [6.07, 6.45) is 3.19. The second-order valence-electron chi connectivity index (χ2n) is 5.28. The third kappa shape index (κ3) is 3.60. The van der Waals surface area contributed by atoms with E-state index in [9.17, 15) is 9.18 Å². The third-order valence-corrected chi connectivity index (χ3v) is 4.00. The number of H-pyrrole nitrogens is 1. The average Bonchev–Trinajstić information content (AvgIpc) is 2.82. The molecule has 1 aromatic carbocycles. The lowest BCUT2D eigenvalue weighted by molar-refractivity contribution is -0.108. The number of rotatable bonds is 7. The van der Waals surface area contributed by atoms with Crippen molar-refractivity contribution in [3.05, 3.63) is 36.0 Å². The van der Waals surface area contributed by atoms with Crippen molar-refractivity contribution in [2.24, 2.45) is 5.92 Å². The number of aldehydes is 1. The normalized spacial score (nSPS) is 15.9. The van der Waals surface area contributed by atoms with E-state index in [0.29, 0.717) is 19.3 Å². The molecule has 2 aromatic rings. The fraction of sp³-hybridized carbons (Fsp3) is 0.438. The van der Waals surface area contributed by atoms with Gasteiger partial charge in [-0.25, -0.2) is 4.39 Å². The van der Waals surface area contributed by atoms with E-state index in [2.05, 4.69) is 4.98 Å². The van der Waals surface area contributed by atoms with E-state index in [0.717, 1.165) is 22.8 Å².